The van der Waals surface area contributed by atoms with E-state index in [1.54, 1.807) is 21.6 Å². The number of aromatic hydroxyl groups is 1. The van der Waals surface area contributed by atoms with Crippen molar-refractivity contribution in [2.75, 3.05) is 18.4 Å². The fourth-order valence-corrected chi connectivity index (χ4v) is 7.27. The third-order valence-corrected chi connectivity index (χ3v) is 9.52. The van der Waals surface area contributed by atoms with Gasteiger partial charge in [-0.25, -0.2) is 4.98 Å². The van der Waals surface area contributed by atoms with E-state index in [0.29, 0.717) is 55.5 Å². The van der Waals surface area contributed by atoms with Crippen LogP contribution >= 0.6 is 11.6 Å². The summed E-state index contributed by atoms with van der Waals surface area (Å²) in [5.41, 5.74) is -0.582. The Bertz CT molecular complexity index is 2170. The Labute approximate surface area is 282 Å². The second-order valence-corrected chi connectivity index (χ2v) is 12.7. The number of pyridine rings is 1. The molecule has 0 saturated carbocycles. The van der Waals surface area contributed by atoms with E-state index in [9.17, 15) is 32.7 Å². The third-order valence-electron chi connectivity index (χ3n) is 9.21. The number of aromatic nitrogens is 5. The molecule has 1 atom stereocenters. The summed E-state index contributed by atoms with van der Waals surface area (Å²) in [5, 5.41) is 17.2. The number of anilines is 1. The van der Waals surface area contributed by atoms with Crippen molar-refractivity contribution in [3.63, 3.8) is 0 Å². The molecule has 49 heavy (non-hydrogen) atoms. The monoisotopic (exact) mass is 691 g/mol. The fourth-order valence-electron chi connectivity index (χ4n) is 7.04. The summed E-state index contributed by atoms with van der Waals surface area (Å²) in [4.78, 5) is 52.0. The molecule has 5 aromatic rings. The summed E-state index contributed by atoms with van der Waals surface area (Å²) in [6.07, 6.45) is -0.348. The van der Waals surface area contributed by atoms with Crippen molar-refractivity contribution in [3.8, 4) is 17.1 Å². The number of halogens is 4. The van der Waals surface area contributed by atoms with Crippen LogP contribution in [0, 0.1) is 0 Å². The first-order valence-electron chi connectivity index (χ1n) is 15.6. The predicted octanol–water partition coefficient (Wildman–Crippen LogP) is 5.48. The maximum Gasteiger partial charge on any atom is 0.416 e. The molecule has 1 aliphatic carbocycles. The first-order valence-corrected chi connectivity index (χ1v) is 16.0. The van der Waals surface area contributed by atoms with Gasteiger partial charge in [-0.3, -0.25) is 14.4 Å². The van der Waals surface area contributed by atoms with Crippen molar-refractivity contribution in [1.82, 2.24) is 29.0 Å². The van der Waals surface area contributed by atoms with Gasteiger partial charge in [-0.2, -0.15) is 22.7 Å². The van der Waals surface area contributed by atoms with Crippen molar-refractivity contribution in [2.24, 2.45) is 0 Å². The van der Waals surface area contributed by atoms with Gasteiger partial charge in [-0.15, -0.1) is 5.10 Å². The van der Waals surface area contributed by atoms with Gasteiger partial charge in [-0.1, -0.05) is 41.9 Å². The molecule has 2 amide bonds. The number of likely N-dealkylation sites (tertiary alicyclic amines) is 1. The Morgan fingerprint density at radius 1 is 1.04 bits per heavy atom. The number of nitrogens with zero attached hydrogens (tertiary/aromatic N) is 6. The van der Waals surface area contributed by atoms with Crippen LogP contribution in [0.1, 0.15) is 53.0 Å². The van der Waals surface area contributed by atoms with E-state index in [2.05, 4.69) is 20.4 Å². The molecule has 1 fully saturated rings. The van der Waals surface area contributed by atoms with E-state index in [1.165, 1.54) is 22.8 Å². The van der Waals surface area contributed by atoms with Gasteiger partial charge in [0.25, 0.3) is 11.5 Å². The highest BCUT2D eigenvalue weighted by Crippen LogP contribution is 2.43. The molecule has 7 rings (SSSR count). The topological polar surface area (TPSA) is 135 Å². The highest BCUT2D eigenvalue weighted by molar-refractivity contribution is 6.33. The molecule has 1 aliphatic heterocycles. The summed E-state index contributed by atoms with van der Waals surface area (Å²) < 4.78 is 42.4. The number of nitrogens with one attached hydrogen (secondary N) is 1. The van der Waals surface area contributed by atoms with Crippen LogP contribution in [0.3, 0.4) is 0 Å². The van der Waals surface area contributed by atoms with Crippen molar-refractivity contribution < 1.29 is 27.9 Å². The molecule has 4 heterocycles. The van der Waals surface area contributed by atoms with E-state index < -0.39 is 34.5 Å². The molecule has 0 radical (unpaired) electrons. The third kappa shape index (κ3) is 5.90. The highest BCUT2D eigenvalue weighted by atomic mass is 35.5. The first kappa shape index (κ1) is 32.3. The van der Waals surface area contributed by atoms with Crippen molar-refractivity contribution >= 4 is 34.9 Å². The van der Waals surface area contributed by atoms with Gasteiger partial charge < -0.3 is 19.9 Å². The minimum Gasteiger partial charge on any atom is -0.505 e. The summed E-state index contributed by atoms with van der Waals surface area (Å²) in [7, 11) is 0. The SMILES string of the molecule is O=C(Cn1c2c(c(=O)n3nc(-c4ccccc4)nc13)C1(CCC2)CCCN(C(=O)c2ncccc2O)C1)Nc1ccc(C(F)(F)F)cc1Cl. The highest BCUT2D eigenvalue weighted by Gasteiger charge is 2.46. The number of amides is 2. The molecule has 3 aromatic heterocycles. The lowest BCUT2D eigenvalue weighted by Gasteiger charge is -2.46. The fraction of sp³-hybridized carbons (Fsp3) is 0.294. The number of hydrogen-bond donors (Lipinski definition) is 2. The number of fused-ring (bicyclic) bond motifs is 3. The Morgan fingerprint density at radius 2 is 1.82 bits per heavy atom. The number of hydrogen-bond acceptors (Lipinski definition) is 7. The van der Waals surface area contributed by atoms with Crippen LogP contribution < -0.4 is 10.9 Å². The summed E-state index contributed by atoms with van der Waals surface area (Å²) in [6.45, 7) is 0.236. The lowest BCUT2D eigenvalue weighted by molar-refractivity contribution is -0.137. The molecule has 2 aliphatic rings. The van der Waals surface area contributed by atoms with Crippen LogP contribution in [0.25, 0.3) is 17.2 Å². The normalized spacial score (nSPS) is 17.7. The van der Waals surface area contributed by atoms with Crippen LogP contribution in [0.2, 0.25) is 5.02 Å². The average Bonchev–Trinajstić information content (AvgIpc) is 3.54. The molecular formula is C34H29ClF3N7O4. The first-order chi connectivity index (χ1) is 23.4. The molecule has 11 nitrogen and oxygen atoms in total. The number of benzene rings is 2. The van der Waals surface area contributed by atoms with E-state index in [4.69, 9.17) is 11.6 Å². The van der Waals surface area contributed by atoms with Crippen LogP contribution in [0.4, 0.5) is 18.9 Å². The van der Waals surface area contributed by atoms with E-state index in [1.807, 2.05) is 18.2 Å². The van der Waals surface area contributed by atoms with Gasteiger partial charge in [-0.05, 0) is 62.4 Å². The molecule has 252 valence electrons. The number of piperidine rings is 1. The Kier molecular flexibility index (Phi) is 8.13. The van der Waals surface area contributed by atoms with Crippen LogP contribution in [0.15, 0.2) is 71.7 Å². The summed E-state index contributed by atoms with van der Waals surface area (Å²) >= 11 is 6.13. The zero-order valence-corrected chi connectivity index (χ0v) is 26.6. The standard InChI is InChI=1S/C34H29ClF3N7O4/c35-22-17-21(34(36,37)38)11-12-23(22)40-26(47)18-44-24-9-4-13-33(14-6-16-43(19-33)31(49)28-25(46)10-5-15-39-28)27(24)30(48)45-32(44)41-29(42-45)20-7-2-1-3-8-20/h1-3,5,7-8,10-12,15,17,46H,4,6,9,13-14,16,18-19H2,(H,40,47). The molecule has 15 heteroatoms. The average molecular weight is 692 g/mol. The van der Waals surface area contributed by atoms with E-state index in [-0.39, 0.29) is 46.8 Å². The summed E-state index contributed by atoms with van der Waals surface area (Å²) in [6, 6.07) is 14.6. The van der Waals surface area contributed by atoms with Crippen molar-refractivity contribution in [3.05, 3.63) is 105 Å². The maximum atomic E-state index is 14.5. The zero-order valence-electron chi connectivity index (χ0n) is 25.9. The molecule has 1 saturated heterocycles. The minimum absolute atomic E-state index is 0.00674. The Morgan fingerprint density at radius 3 is 2.55 bits per heavy atom. The van der Waals surface area contributed by atoms with E-state index >= 15 is 0 Å². The number of alkyl halides is 3. The number of carbonyl (C=O) groups excluding carboxylic acids is 2. The maximum absolute atomic E-state index is 14.5. The number of carbonyl (C=O) groups is 2. The smallest absolute Gasteiger partial charge is 0.416 e. The molecule has 2 aromatic carbocycles. The molecule has 0 bridgehead atoms. The Hall–Kier alpha value is -5.24. The van der Waals surface area contributed by atoms with Gasteiger partial charge in [0.05, 0.1) is 16.3 Å². The molecular weight excluding hydrogens is 663 g/mol. The molecule has 1 unspecified atom stereocenters. The minimum atomic E-state index is -4.61. The second-order valence-electron chi connectivity index (χ2n) is 12.3. The van der Waals surface area contributed by atoms with Gasteiger partial charge in [0.2, 0.25) is 11.7 Å². The van der Waals surface area contributed by atoms with Crippen molar-refractivity contribution in [2.45, 2.75) is 50.2 Å². The number of rotatable bonds is 5. The van der Waals surface area contributed by atoms with Crippen LogP contribution in [-0.4, -0.2) is 59.1 Å². The lowest BCUT2D eigenvalue weighted by Crippen LogP contribution is -2.53. The lowest BCUT2D eigenvalue weighted by atomic mass is 9.67. The molecule has 2 N–H and O–H groups in total. The van der Waals surface area contributed by atoms with Crippen LogP contribution in [-0.2, 0) is 29.4 Å². The quantitative estimate of drug-likeness (QED) is 0.249. The van der Waals surface area contributed by atoms with Gasteiger partial charge in [0.1, 0.15) is 12.3 Å². The predicted molar refractivity (Wildman–Crippen MR) is 173 cm³/mol. The Balaban J connectivity index is 1.32. The van der Waals surface area contributed by atoms with Crippen LogP contribution in [0.5, 0.6) is 5.75 Å². The van der Waals surface area contributed by atoms with Gasteiger partial charge in [0, 0.05) is 41.5 Å². The zero-order chi connectivity index (χ0) is 34.5. The van der Waals surface area contributed by atoms with Crippen molar-refractivity contribution in [1.29, 1.82) is 0 Å². The summed E-state index contributed by atoms with van der Waals surface area (Å²) in [5.74, 6) is -0.916. The second kappa shape index (κ2) is 12.3. The van der Waals surface area contributed by atoms with Gasteiger partial charge >= 0.3 is 6.18 Å². The largest absolute Gasteiger partial charge is 0.505 e. The molecule has 1 spiro atoms. The van der Waals surface area contributed by atoms with Gasteiger partial charge in [0.15, 0.2) is 11.5 Å². The van der Waals surface area contributed by atoms with E-state index in [0.717, 1.165) is 18.2 Å².